The van der Waals surface area contributed by atoms with Crippen LogP contribution in [-0.2, 0) is 28.0 Å². The monoisotopic (exact) mass is 369 g/mol. The summed E-state index contributed by atoms with van der Waals surface area (Å²) in [4.78, 5) is 41.1. The molecule has 4 rings (SSSR count). The summed E-state index contributed by atoms with van der Waals surface area (Å²) in [5.74, 6) is -0.479. The molecule has 1 aromatic carbocycles. The predicted molar refractivity (Wildman–Crippen MR) is 101 cm³/mol. The van der Waals surface area contributed by atoms with E-state index in [1.165, 1.54) is 11.1 Å². The second kappa shape index (κ2) is 6.98. The van der Waals surface area contributed by atoms with E-state index < -0.39 is 11.6 Å². The number of nitrogens with one attached hydrogen (secondary N) is 1. The van der Waals surface area contributed by atoms with Gasteiger partial charge in [0, 0.05) is 13.1 Å². The van der Waals surface area contributed by atoms with Gasteiger partial charge in [0.25, 0.3) is 5.91 Å². The highest BCUT2D eigenvalue weighted by Crippen LogP contribution is 2.32. The van der Waals surface area contributed by atoms with Crippen molar-refractivity contribution in [2.75, 3.05) is 19.6 Å². The quantitative estimate of drug-likeness (QED) is 0.832. The van der Waals surface area contributed by atoms with Gasteiger partial charge in [-0.2, -0.15) is 0 Å². The molecule has 144 valence electrons. The fraction of sp³-hybridized carbons (Fsp3) is 0.571. The van der Waals surface area contributed by atoms with Gasteiger partial charge in [-0.15, -0.1) is 0 Å². The number of fused-ring (bicyclic) bond motifs is 1. The lowest BCUT2D eigenvalue weighted by molar-refractivity contribution is -0.138. The van der Waals surface area contributed by atoms with Gasteiger partial charge < -0.3 is 10.2 Å². The number of imide groups is 1. The zero-order valence-electron chi connectivity index (χ0n) is 15.9. The number of rotatable bonds is 3. The van der Waals surface area contributed by atoms with E-state index in [0.29, 0.717) is 13.1 Å². The average Bonchev–Trinajstić information content (AvgIpc) is 3.07. The molecule has 1 N–H and O–H groups in total. The molecular formula is C21H27N3O3. The van der Waals surface area contributed by atoms with Crippen LogP contribution < -0.4 is 5.32 Å². The van der Waals surface area contributed by atoms with Crippen molar-refractivity contribution < 1.29 is 14.4 Å². The summed E-state index contributed by atoms with van der Waals surface area (Å²) in [5, 5.41) is 2.82. The highest BCUT2D eigenvalue weighted by Gasteiger charge is 2.49. The number of nitrogens with zero attached hydrogens (tertiary/aromatic N) is 2. The minimum Gasteiger partial charge on any atom is -0.341 e. The van der Waals surface area contributed by atoms with Crippen molar-refractivity contribution >= 4 is 17.8 Å². The third-order valence-corrected chi connectivity index (χ3v) is 6.20. The highest BCUT2D eigenvalue weighted by molar-refractivity contribution is 6.09. The Labute approximate surface area is 159 Å². The maximum atomic E-state index is 13.1. The average molecular weight is 369 g/mol. The van der Waals surface area contributed by atoms with Gasteiger partial charge in [0.15, 0.2) is 0 Å². The van der Waals surface area contributed by atoms with Gasteiger partial charge in [0.1, 0.15) is 12.1 Å². The van der Waals surface area contributed by atoms with Crippen molar-refractivity contribution in [3.05, 3.63) is 34.9 Å². The normalized spacial score (nSPS) is 25.4. The Morgan fingerprint density at radius 1 is 1.04 bits per heavy atom. The Hall–Kier alpha value is -2.37. The van der Waals surface area contributed by atoms with E-state index in [1.54, 1.807) is 11.8 Å². The lowest BCUT2D eigenvalue weighted by Crippen LogP contribution is -2.44. The molecule has 3 aliphatic rings. The largest absolute Gasteiger partial charge is 0.341 e. The van der Waals surface area contributed by atoms with Crippen molar-refractivity contribution in [3.8, 4) is 0 Å². The fourth-order valence-electron chi connectivity index (χ4n) is 4.47. The van der Waals surface area contributed by atoms with Crippen molar-refractivity contribution in [2.45, 2.75) is 57.4 Å². The second-order valence-electron chi connectivity index (χ2n) is 8.08. The molecule has 2 fully saturated rings. The molecule has 0 spiro atoms. The van der Waals surface area contributed by atoms with Crippen molar-refractivity contribution in [1.82, 2.24) is 15.1 Å². The van der Waals surface area contributed by atoms with Crippen LogP contribution in [0.15, 0.2) is 18.2 Å². The molecule has 27 heavy (non-hydrogen) atoms. The Morgan fingerprint density at radius 3 is 2.48 bits per heavy atom. The van der Waals surface area contributed by atoms with Crippen LogP contribution in [-0.4, -0.2) is 47.3 Å². The van der Waals surface area contributed by atoms with E-state index in [2.05, 4.69) is 11.4 Å². The lowest BCUT2D eigenvalue weighted by Gasteiger charge is -2.25. The summed E-state index contributed by atoms with van der Waals surface area (Å²) in [5.41, 5.74) is 2.28. The highest BCUT2D eigenvalue weighted by atomic mass is 16.2. The number of aryl methyl sites for hydroxylation is 2. The summed E-state index contributed by atoms with van der Waals surface area (Å²) in [6.45, 7) is 2.99. The number of carbonyl (C=O) groups is 3. The minimum absolute atomic E-state index is 0.140. The number of urea groups is 1. The Kier molecular flexibility index (Phi) is 4.66. The molecule has 1 atom stereocenters. The zero-order chi connectivity index (χ0) is 19.0. The topological polar surface area (TPSA) is 69.7 Å². The number of carbonyl (C=O) groups excluding carboxylic acids is 3. The van der Waals surface area contributed by atoms with Crippen LogP contribution in [0, 0.1) is 0 Å². The minimum atomic E-state index is -1.10. The van der Waals surface area contributed by atoms with Crippen molar-refractivity contribution in [2.24, 2.45) is 0 Å². The van der Waals surface area contributed by atoms with Crippen LogP contribution in [0.5, 0.6) is 0 Å². The fourth-order valence-corrected chi connectivity index (χ4v) is 4.47. The van der Waals surface area contributed by atoms with E-state index in [4.69, 9.17) is 0 Å². The van der Waals surface area contributed by atoms with Crippen molar-refractivity contribution in [3.63, 3.8) is 0 Å². The molecule has 0 bridgehead atoms. The van der Waals surface area contributed by atoms with Gasteiger partial charge in [-0.05, 0) is 55.7 Å². The van der Waals surface area contributed by atoms with E-state index in [1.807, 2.05) is 12.1 Å². The molecule has 2 aliphatic heterocycles. The van der Waals surface area contributed by atoms with Gasteiger partial charge in [0.05, 0.1) is 0 Å². The smallest absolute Gasteiger partial charge is 0.325 e. The van der Waals surface area contributed by atoms with Gasteiger partial charge in [-0.25, -0.2) is 4.79 Å². The van der Waals surface area contributed by atoms with Crippen LogP contribution in [0.1, 0.15) is 55.7 Å². The first-order valence-electron chi connectivity index (χ1n) is 10.0. The summed E-state index contributed by atoms with van der Waals surface area (Å²) in [7, 11) is 0. The maximum Gasteiger partial charge on any atom is 0.325 e. The third kappa shape index (κ3) is 3.22. The Morgan fingerprint density at radius 2 is 1.74 bits per heavy atom. The molecule has 6 nitrogen and oxygen atoms in total. The first-order valence-corrected chi connectivity index (χ1v) is 10.0. The molecule has 4 amide bonds. The predicted octanol–water partition coefficient (Wildman–Crippen LogP) is 2.34. The van der Waals surface area contributed by atoms with Crippen LogP contribution in [0.2, 0.25) is 0 Å². The first-order chi connectivity index (χ1) is 13.0. The standard InChI is InChI=1S/C21H27N3O3/c1-21(17-10-9-15-7-6-8-16(15)13-17)19(26)24(20(27)22-21)14-18(25)23-11-4-2-3-5-12-23/h9-10,13H,2-8,11-12,14H2,1H3,(H,22,27). The molecular weight excluding hydrogens is 342 g/mol. The van der Waals surface area contributed by atoms with E-state index in [-0.39, 0.29) is 18.4 Å². The van der Waals surface area contributed by atoms with Gasteiger partial charge in [-0.1, -0.05) is 31.0 Å². The summed E-state index contributed by atoms with van der Waals surface area (Å²) >= 11 is 0. The second-order valence-corrected chi connectivity index (χ2v) is 8.08. The molecule has 2 heterocycles. The SMILES string of the molecule is CC1(c2ccc3c(c2)CCC3)NC(=O)N(CC(=O)N2CCCCCC2)C1=O. The van der Waals surface area contributed by atoms with Gasteiger partial charge in [0.2, 0.25) is 5.91 Å². The summed E-state index contributed by atoms with van der Waals surface area (Å²) in [6, 6.07) is 5.56. The third-order valence-electron chi connectivity index (χ3n) is 6.20. The van der Waals surface area contributed by atoms with Crippen LogP contribution in [0.3, 0.4) is 0 Å². The van der Waals surface area contributed by atoms with E-state index in [9.17, 15) is 14.4 Å². The molecule has 0 radical (unpaired) electrons. The number of hydrogen-bond donors (Lipinski definition) is 1. The molecule has 0 saturated carbocycles. The number of hydrogen-bond acceptors (Lipinski definition) is 3. The van der Waals surface area contributed by atoms with E-state index in [0.717, 1.165) is 55.4 Å². The number of benzene rings is 1. The summed E-state index contributed by atoms with van der Waals surface area (Å²) < 4.78 is 0. The Balaban J connectivity index is 1.52. The summed E-state index contributed by atoms with van der Waals surface area (Å²) in [6.07, 6.45) is 7.44. The maximum absolute atomic E-state index is 13.1. The molecule has 0 aromatic heterocycles. The molecule has 1 unspecified atom stereocenters. The Bertz CT molecular complexity index is 783. The molecule has 6 heteroatoms. The van der Waals surface area contributed by atoms with Crippen LogP contribution in [0.4, 0.5) is 4.79 Å². The zero-order valence-corrected chi connectivity index (χ0v) is 15.9. The lowest BCUT2D eigenvalue weighted by atomic mass is 9.89. The van der Waals surface area contributed by atoms with Crippen LogP contribution >= 0.6 is 0 Å². The van der Waals surface area contributed by atoms with Crippen LogP contribution in [0.25, 0.3) is 0 Å². The van der Waals surface area contributed by atoms with Gasteiger partial charge in [-0.3, -0.25) is 14.5 Å². The molecule has 1 aliphatic carbocycles. The number of amides is 4. The van der Waals surface area contributed by atoms with Crippen molar-refractivity contribution in [1.29, 1.82) is 0 Å². The van der Waals surface area contributed by atoms with E-state index >= 15 is 0 Å². The molecule has 1 aromatic rings. The van der Waals surface area contributed by atoms with Gasteiger partial charge >= 0.3 is 6.03 Å². The molecule has 2 saturated heterocycles. The number of likely N-dealkylation sites (tertiary alicyclic amines) is 1. The first kappa shape index (κ1) is 18.0.